The lowest BCUT2D eigenvalue weighted by atomic mass is 10.1. The van der Waals surface area contributed by atoms with Gasteiger partial charge < -0.3 is 9.72 Å². The van der Waals surface area contributed by atoms with Crippen molar-refractivity contribution < 1.29 is 13.2 Å². The monoisotopic (exact) mass is 370 g/mol. The van der Waals surface area contributed by atoms with Gasteiger partial charge in [0.1, 0.15) is 0 Å². The highest BCUT2D eigenvalue weighted by Crippen LogP contribution is 2.30. The van der Waals surface area contributed by atoms with Gasteiger partial charge in [-0.3, -0.25) is 4.90 Å². The van der Waals surface area contributed by atoms with E-state index in [-0.39, 0.29) is 0 Å². The van der Waals surface area contributed by atoms with Crippen molar-refractivity contribution in [3.8, 4) is 0 Å². The number of sulfone groups is 1. The largest absolute Gasteiger partial charge is 0.379 e. The summed E-state index contributed by atoms with van der Waals surface area (Å²) >= 11 is 0. The van der Waals surface area contributed by atoms with Crippen molar-refractivity contribution in [3.05, 3.63) is 60.3 Å². The van der Waals surface area contributed by atoms with E-state index in [1.54, 1.807) is 30.5 Å². The Hall–Kier alpha value is -2.15. The maximum atomic E-state index is 13.0. The number of fused-ring (bicyclic) bond motifs is 1. The second-order valence-electron chi connectivity index (χ2n) is 6.51. The first-order chi connectivity index (χ1) is 12.7. The van der Waals surface area contributed by atoms with Crippen LogP contribution in [0.4, 0.5) is 0 Å². The van der Waals surface area contributed by atoms with Crippen LogP contribution >= 0.6 is 0 Å². The summed E-state index contributed by atoms with van der Waals surface area (Å²) in [7, 11) is -3.53. The molecule has 1 aliphatic rings. The number of para-hydroxylation sites is 1. The van der Waals surface area contributed by atoms with Gasteiger partial charge in [-0.05, 0) is 24.1 Å². The summed E-state index contributed by atoms with van der Waals surface area (Å²) in [5, 5.41) is 0.758. The molecular weight excluding hydrogens is 348 g/mol. The highest BCUT2D eigenvalue weighted by atomic mass is 32.2. The molecule has 0 radical (unpaired) electrons. The molecule has 1 aromatic heterocycles. The summed E-state index contributed by atoms with van der Waals surface area (Å²) in [6, 6.07) is 14.5. The minimum Gasteiger partial charge on any atom is -0.379 e. The molecule has 0 spiro atoms. The molecule has 1 fully saturated rings. The Kier molecular flexibility index (Phi) is 4.80. The van der Waals surface area contributed by atoms with Crippen molar-refractivity contribution in [1.82, 2.24) is 9.88 Å². The summed E-state index contributed by atoms with van der Waals surface area (Å²) in [6.45, 7) is 4.42. The van der Waals surface area contributed by atoms with Gasteiger partial charge in [-0.1, -0.05) is 36.4 Å². The van der Waals surface area contributed by atoms with Crippen molar-refractivity contribution in [2.75, 3.05) is 32.8 Å². The van der Waals surface area contributed by atoms with Gasteiger partial charge in [0, 0.05) is 31.2 Å². The number of H-pyrrole nitrogens is 1. The Bertz CT molecular complexity index is 990. The van der Waals surface area contributed by atoms with Gasteiger partial charge >= 0.3 is 0 Å². The molecule has 4 rings (SSSR count). The van der Waals surface area contributed by atoms with Gasteiger partial charge in [-0.25, -0.2) is 8.42 Å². The van der Waals surface area contributed by atoms with Crippen molar-refractivity contribution >= 4 is 20.7 Å². The van der Waals surface area contributed by atoms with Gasteiger partial charge in [0.05, 0.1) is 28.5 Å². The van der Waals surface area contributed by atoms with E-state index < -0.39 is 9.84 Å². The van der Waals surface area contributed by atoms with Crippen LogP contribution < -0.4 is 0 Å². The molecule has 0 aliphatic carbocycles. The second kappa shape index (κ2) is 7.23. The van der Waals surface area contributed by atoms with E-state index in [2.05, 4.69) is 16.0 Å². The molecule has 5 nitrogen and oxygen atoms in total. The number of hydrogen-bond donors (Lipinski definition) is 1. The number of morpholine rings is 1. The maximum Gasteiger partial charge on any atom is 0.208 e. The summed E-state index contributed by atoms with van der Waals surface area (Å²) in [5.41, 5.74) is 2.05. The Labute approximate surface area is 153 Å². The van der Waals surface area contributed by atoms with E-state index in [1.165, 1.54) is 0 Å². The van der Waals surface area contributed by atoms with Crippen molar-refractivity contribution in [2.45, 2.75) is 16.2 Å². The number of hydrogen-bond acceptors (Lipinski definition) is 4. The van der Waals surface area contributed by atoms with Crippen LogP contribution in [0.15, 0.2) is 64.5 Å². The Morgan fingerprint density at radius 2 is 1.77 bits per heavy atom. The van der Waals surface area contributed by atoms with Crippen LogP contribution in [0.2, 0.25) is 0 Å². The normalized spacial score (nSPS) is 16.2. The van der Waals surface area contributed by atoms with Crippen molar-refractivity contribution in [3.63, 3.8) is 0 Å². The molecule has 3 aromatic rings. The Morgan fingerprint density at radius 3 is 2.54 bits per heavy atom. The standard InChI is InChI=1S/C20H22N2O3S/c23-26(24,17-6-2-1-3-7-17)19-15-21-20-16(5-4-8-18(19)20)9-10-22-11-13-25-14-12-22/h1-8,15,21H,9-14H2. The van der Waals surface area contributed by atoms with E-state index in [0.29, 0.717) is 9.79 Å². The highest BCUT2D eigenvalue weighted by Gasteiger charge is 2.22. The van der Waals surface area contributed by atoms with E-state index in [9.17, 15) is 8.42 Å². The van der Waals surface area contributed by atoms with E-state index >= 15 is 0 Å². The molecule has 1 saturated heterocycles. The number of aromatic amines is 1. The number of benzene rings is 2. The Balaban J connectivity index is 1.65. The molecule has 6 heteroatoms. The number of nitrogens with one attached hydrogen (secondary N) is 1. The van der Waals surface area contributed by atoms with Crippen LogP contribution in [0.25, 0.3) is 10.9 Å². The fourth-order valence-corrected chi connectivity index (χ4v) is 4.90. The van der Waals surface area contributed by atoms with Crippen LogP contribution in [0.5, 0.6) is 0 Å². The zero-order valence-electron chi connectivity index (χ0n) is 14.5. The summed E-state index contributed by atoms with van der Waals surface area (Å²) in [5.74, 6) is 0. The van der Waals surface area contributed by atoms with Crippen LogP contribution in [0.3, 0.4) is 0 Å². The first-order valence-electron chi connectivity index (χ1n) is 8.85. The van der Waals surface area contributed by atoms with Crippen molar-refractivity contribution in [1.29, 1.82) is 0 Å². The zero-order chi connectivity index (χ0) is 18.0. The minimum atomic E-state index is -3.53. The molecule has 26 heavy (non-hydrogen) atoms. The first kappa shape index (κ1) is 17.3. The van der Waals surface area contributed by atoms with E-state index in [1.807, 2.05) is 18.2 Å². The molecular formula is C20H22N2O3S. The van der Waals surface area contributed by atoms with Gasteiger partial charge in [0.15, 0.2) is 0 Å². The quantitative estimate of drug-likeness (QED) is 0.750. The van der Waals surface area contributed by atoms with Crippen LogP contribution in [-0.2, 0) is 21.0 Å². The topological polar surface area (TPSA) is 62.4 Å². The van der Waals surface area contributed by atoms with Crippen LogP contribution in [0.1, 0.15) is 5.56 Å². The number of aromatic nitrogens is 1. The fraction of sp³-hybridized carbons (Fsp3) is 0.300. The smallest absolute Gasteiger partial charge is 0.208 e. The van der Waals surface area contributed by atoms with Gasteiger partial charge in [-0.15, -0.1) is 0 Å². The summed E-state index contributed by atoms with van der Waals surface area (Å²) in [4.78, 5) is 6.24. The molecule has 2 heterocycles. The number of ether oxygens (including phenoxy) is 1. The molecule has 0 bridgehead atoms. The lowest BCUT2D eigenvalue weighted by Crippen LogP contribution is -2.37. The third-order valence-electron chi connectivity index (χ3n) is 4.91. The molecule has 0 saturated carbocycles. The third kappa shape index (κ3) is 3.28. The number of rotatable bonds is 5. The summed E-state index contributed by atoms with van der Waals surface area (Å²) in [6.07, 6.45) is 2.49. The predicted molar refractivity (Wildman–Crippen MR) is 101 cm³/mol. The molecule has 1 N–H and O–H groups in total. The SMILES string of the molecule is O=S(=O)(c1ccccc1)c1c[nH]c2c(CCN3CCOCC3)cccc12. The van der Waals surface area contributed by atoms with Crippen molar-refractivity contribution in [2.24, 2.45) is 0 Å². The van der Waals surface area contributed by atoms with Crippen LogP contribution in [0, 0.1) is 0 Å². The molecule has 2 aromatic carbocycles. The molecule has 0 unspecified atom stereocenters. The van der Waals surface area contributed by atoms with Crippen LogP contribution in [-0.4, -0.2) is 51.1 Å². The van der Waals surface area contributed by atoms with E-state index in [4.69, 9.17) is 4.74 Å². The van der Waals surface area contributed by atoms with Gasteiger partial charge in [0.2, 0.25) is 9.84 Å². The molecule has 0 atom stereocenters. The summed E-state index contributed by atoms with van der Waals surface area (Å²) < 4.78 is 31.4. The highest BCUT2D eigenvalue weighted by molar-refractivity contribution is 7.91. The minimum absolute atomic E-state index is 0.319. The third-order valence-corrected chi connectivity index (χ3v) is 6.72. The second-order valence-corrected chi connectivity index (χ2v) is 8.43. The zero-order valence-corrected chi connectivity index (χ0v) is 15.3. The number of nitrogens with zero attached hydrogens (tertiary/aromatic N) is 1. The molecule has 0 amide bonds. The Morgan fingerprint density at radius 1 is 1.00 bits per heavy atom. The maximum absolute atomic E-state index is 13.0. The molecule has 136 valence electrons. The van der Waals surface area contributed by atoms with Gasteiger partial charge in [-0.2, -0.15) is 0 Å². The lowest BCUT2D eigenvalue weighted by Gasteiger charge is -2.26. The van der Waals surface area contributed by atoms with E-state index in [0.717, 1.165) is 55.7 Å². The average Bonchev–Trinajstić information content (AvgIpc) is 3.13. The fourth-order valence-electron chi connectivity index (χ4n) is 3.45. The first-order valence-corrected chi connectivity index (χ1v) is 10.3. The average molecular weight is 370 g/mol. The van der Waals surface area contributed by atoms with Gasteiger partial charge in [0.25, 0.3) is 0 Å². The lowest BCUT2D eigenvalue weighted by molar-refractivity contribution is 0.0385. The predicted octanol–water partition coefficient (Wildman–Crippen LogP) is 2.88. The molecule has 1 aliphatic heterocycles.